The Bertz CT molecular complexity index is 855. The van der Waals surface area contributed by atoms with Crippen LogP contribution in [0.15, 0.2) is 73.0 Å². The van der Waals surface area contributed by atoms with E-state index in [9.17, 15) is 4.79 Å². The third-order valence-electron chi connectivity index (χ3n) is 3.96. The number of benzene rings is 1. The molecule has 0 bridgehead atoms. The lowest BCUT2D eigenvalue weighted by Gasteiger charge is -2.05. The van der Waals surface area contributed by atoms with Gasteiger partial charge in [0.2, 0.25) is 5.91 Å². The topological polar surface area (TPSA) is 72.7 Å². The zero-order valence-corrected chi connectivity index (χ0v) is 14.7. The van der Waals surface area contributed by atoms with Gasteiger partial charge < -0.3 is 5.32 Å². The summed E-state index contributed by atoms with van der Waals surface area (Å²) in [6.07, 6.45) is 8.24. The average Bonchev–Trinajstić information content (AvgIpc) is 3.21. The van der Waals surface area contributed by atoms with Crippen molar-refractivity contribution in [2.24, 2.45) is 0 Å². The summed E-state index contributed by atoms with van der Waals surface area (Å²) in [5.74, 6) is 0.602. The van der Waals surface area contributed by atoms with Gasteiger partial charge in [-0.05, 0) is 37.0 Å². The van der Waals surface area contributed by atoms with Gasteiger partial charge in [0.1, 0.15) is 12.7 Å². The highest BCUT2D eigenvalue weighted by atomic mass is 16.1. The van der Waals surface area contributed by atoms with Crippen LogP contribution in [0.3, 0.4) is 0 Å². The van der Waals surface area contributed by atoms with Gasteiger partial charge in [0.25, 0.3) is 0 Å². The molecular formula is C20H21N5O. The summed E-state index contributed by atoms with van der Waals surface area (Å²) < 4.78 is 1.58. The molecule has 3 rings (SSSR count). The second-order valence-corrected chi connectivity index (χ2v) is 6.06. The molecule has 2 heterocycles. The van der Waals surface area contributed by atoms with Crippen LogP contribution in [0.4, 0.5) is 0 Å². The van der Waals surface area contributed by atoms with Crippen molar-refractivity contribution in [1.29, 1.82) is 0 Å². The standard InChI is InChI=1S/C20H21N5O/c1-16(7-8-17-5-3-2-4-6-17)11-20(26)23-13-18-9-10-19(22-12-18)25-15-21-14-24-25/h2-6,9-12,14-15H,7-8,13H2,1H3,(H,23,26). The van der Waals surface area contributed by atoms with E-state index in [1.807, 2.05) is 37.3 Å². The number of pyridine rings is 1. The lowest BCUT2D eigenvalue weighted by atomic mass is 10.1. The van der Waals surface area contributed by atoms with E-state index in [0.29, 0.717) is 12.4 Å². The molecule has 2 aromatic heterocycles. The Morgan fingerprint density at radius 2 is 2.00 bits per heavy atom. The number of nitrogens with one attached hydrogen (secondary N) is 1. The molecule has 1 amide bonds. The Morgan fingerprint density at radius 3 is 2.69 bits per heavy atom. The third kappa shape index (κ3) is 5.11. The first-order valence-corrected chi connectivity index (χ1v) is 8.49. The zero-order valence-electron chi connectivity index (χ0n) is 14.7. The molecule has 26 heavy (non-hydrogen) atoms. The Hall–Kier alpha value is -3.28. The minimum Gasteiger partial charge on any atom is -0.348 e. The minimum absolute atomic E-state index is 0.0871. The number of rotatable bonds is 7. The number of amides is 1. The van der Waals surface area contributed by atoms with Gasteiger partial charge in [-0.3, -0.25) is 4.79 Å². The highest BCUT2D eigenvalue weighted by Gasteiger charge is 2.02. The summed E-state index contributed by atoms with van der Waals surface area (Å²) in [5, 5.41) is 6.92. The first-order chi connectivity index (χ1) is 12.7. The van der Waals surface area contributed by atoms with Crippen LogP contribution >= 0.6 is 0 Å². The summed E-state index contributed by atoms with van der Waals surface area (Å²) in [5.41, 5.74) is 3.27. The van der Waals surface area contributed by atoms with E-state index >= 15 is 0 Å². The van der Waals surface area contributed by atoms with Crippen LogP contribution in [0, 0.1) is 0 Å². The minimum atomic E-state index is -0.0871. The van der Waals surface area contributed by atoms with Crippen LogP contribution in [0.1, 0.15) is 24.5 Å². The van der Waals surface area contributed by atoms with Gasteiger partial charge in [0.05, 0.1) is 0 Å². The molecule has 0 aliphatic rings. The van der Waals surface area contributed by atoms with Gasteiger partial charge in [0.15, 0.2) is 5.82 Å². The van der Waals surface area contributed by atoms with Gasteiger partial charge in [-0.1, -0.05) is 42.0 Å². The number of hydrogen-bond acceptors (Lipinski definition) is 4. The molecule has 132 valence electrons. The SMILES string of the molecule is CC(=CC(=O)NCc1ccc(-n2cncn2)nc1)CCc1ccccc1. The number of carbonyl (C=O) groups excluding carboxylic acids is 1. The second-order valence-electron chi connectivity index (χ2n) is 6.06. The quantitative estimate of drug-likeness (QED) is 0.667. The van der Waals surface area contributed by atoms with Crippen molar-refractivity contribution in [2.75, 3.05) is 0 Å². The maximum Gasteiger partial charge on any atom is 0.244 e. The largest absolute Gasteiger partial charge is 0.348 e. The van der Waals surface area contributed by atoms with E-state index in [-0.39, 0.29) is 5.91 Å². The predicted molar refractivity (Wildman–Crippen MR) is 99.5 cm³/mol. The first kappa shape index (κ1) is 17.5. The number of hydrogen-bond donors (Lipinski definition) is 1. The van der Waals surface area contributed by atoms with Crippen molar-refractivity contribution < 1.29 is 4.79 Å². The normalized spacial score (nSPS) is 11.3. The van der Waals surface area contributed by atoms with Crippen molar-refractivity contribution in [3.8, 4) is 5.82 Å². The fourth-order valence-electron chi connectivity index (χ4n) is 2.51. The van der Waals surface area contributed by atoms with Crippen LogP contribution in [0.25, 0.3) is 5.82 Å². The van der Waals surface area contributed by atoms with E-state index < -0.39 is 0 Å². The van der Waals surface area contributed by atoms with E-state index in [1.165, 1.54) is 11.9 Å². The number of allylic oxidation sites excluding steroid dienone is 1. The zero-order chi connectivity index (χ0) is 18.2. The van der Waals surface area contributed by atoms with E-state index in [1.54, 1.807) is 23.3 Å². The van der Waals surface area contributed by atoms with Gasteiger partial charge in [-0.25, -0.2) is 14.6 Å². The summed E-state index contributed by atoms with van der Waals surface area (Å²) >= 11 is 0. The molecule has 0 atom stereocenters. The molecule has 0 aliphatic heterocycles. The van der Waals surface area contributed by atoms with Crippen molar-refractivity contribution in [3.05, 3.63) is 84.1 Å². The summed E-state index contributed by atoms with van der Waals surface area (Å²) in [7, 11) is 0. The smallest absolute Gasteiger partial charge is 0.244 e. The van der Waals surface area contributed by atoms with Crippen LogP contribution in [-0.2, 0) is 17.8 Å². The van der Waals surface area contributed by atoms with Crippen LogP contribution < -0.4 is 5.32 Å². The average molecular weight is 347 g/mol. The Morgan fingerprint density at radius 1 is 1.15 bits per heavy atom. The molecule has 6 heteroatoms. The molecule has 6 nitrogen and oxygen atoms in total. The van der Waals surface area contributed by atoms with Crippen molar-refractivity contribution in [3.63, 3.8) is 0 Å². The molecule has 0 aliphatic carbocycles. The molecule has 3 aromatic rings. The van der Waals surface area contributed by atoms with Crippen molar-refractivity contribution in [1.82, 2.24) is 25.1 Å². The Labute approximate surface area is 152 Å². The van der Waals surface area contributed by atoms with Crippen LogP contribution in [-0.4, -0.2) is 25.7 Å². The van der Waals surface area contributed by atoms with Crippen LogP contribution in [0.2, 0.25) is 0 Å². The van der Waals surface area contributed by atoms with Gasteiger partial charge >= 0.3 is 0 Å². The maximum absolute atomic E-state index is 12.1. The molecule has 0 spiro atoms. The Kier molecular flexibility index (Phi) is 5.88. The first-order valence-electron chi connectivity index (χ1n) is 8.49. The fourth-order valence-corrected chi connectivity index (χ4v) is 2.51. The molecule has 0 radical (unpaired) electrons. The molecule has 0 saturated carbocycles. The Balaban J connectivity index is 1.47. The summed E-state index contributed by atoms with van der Waals surface area (Å²) in [6, 6.07) is 14.0. The van der Waals surface area contributed by atoms with Gasteiger partial charge in [0, 0.05) is 18.8 Å². The van der Waals surface area contributed by atoms with Gasteiger partial charge in [-0.15, -0.1) is 0 Å². The molecule has 0 fully saturated rings. The van der Waals surface area contributed by atoms with E-state index in [2.05, 4.69) is 32.5 Å². The third-order valence-corrected chi connectivity index (χ3v) is 3.96. The molecule has 1 aromatic carbocycles. The monoisotopic (exact) mass is 347 g/mol. The molecule has 0 unspecified atom stereocenters. The number of nitrogens with zero attached hydrogens (tertiary/aromatic N) is 4. The summed E-state index contributed by atoms with van der Waals surface area (Å²) in [4.78, 5) is 20.3. The summed E-state index contributed by atoms with van der Waals surface area (Å²) in [6.45, 7) is 2.42. The van der Waals surface area contributed by atoms with Crippen molar-refractivity contribution >= 4 is 5.91 Å². The lowest BCUT2D eigenvalue weighted by Crippen LogP contribution is -2.21. The number of aryl methyl sites for hydroxylation is 1. The van der Waals surface area contributed by atoms with Gasteiger partial charge in [-0.2, -0.15) is 5.10 Å². The maximum atomic E-state index is 12.1. The van der Waals surface area contributed by atoms with Crippen molar-refractivity contribution in [2.45, 2.75) is 26.3 Å². The molecule has 0 saturated heterocycles. The lowest BCUT2D eigenvalue weighted by molar-refractivity contribution is -0.116. The van der Waals surface area contributed by atoms with E-state index in [4.69, 9.17) is 0 Å². The highest BCUT2D eigenvalue weighted by molar-refractivity contribution is 5.88. The number of carbonyl (C=O) groups is 1. The predicted octanol–water partition coefficient (Wildman–Crippen LogP) is 2.86. The second kappa shape index (κ2) is 8.71. The molecular weight excluding hydrogens is 326 g/mol. The van der Waals surface area contributed by atoms with Crippen LogP contribution in [0.5, 0.6) is 0 Å². The molecule has 1 N–H and O–H groups in total. The number of aromatic nitrogens is 4. The highest BCUT2D eigenvalue weighted by Crippen LogP contribution is 2.08. The van der Waals surface area contributed by atoms with E-state index in [0.717, 1.165) is 24.0 Å². The fraction of sp³-hybridized carbons (Fsp3) is 0.200.